The molecule has 0 aromatic rings. The minimum Gasteiger partial charge on any atom is -0.459 e. The van der Waals surface area contributed by atoms with Crippen molar-refractivity contribution in [2.24, 2.45) is 5.73 Å². The second kappa shape index (κ2) is 5.29. The third-order valence-corrected chi connectivity index (χ3v) is 2.32. The normalized spacial score (nSPS) is 25.8. The molecule has 1 heterocycles. The lowest BCUT2D eigenvalue weighted by molar-refractivity contribution is -0.153. The van der Waals surface area contributed by atoms with E-state index in [-0.39, 0.29) is 12.2 Å². The standard InChI is InChI=1S/C9H17NO4/c1-6(12-2)8(10)9(11)14-7-3-4-13-5-7/h6-8H,3-5,10H2,1-2H3/t6-,7?,8+/m1/s1. The van der Waals surface area contributed by atoms with E-state index in [2.05, 4.69) is 0 Å². The van der Waals surface area contributed by atoms with Crippen molar-refractivity contribution in [2.45, 2.75) is 31.6 Å². The van der Waals surface area contributed by atoms with Crippen LogP contribution in [0.1, 0.15) is 13.3 Å². The second-order valence-electron chi connectivity index (χ2n) is 3.39. The highest BCUT2D eigenvalue weighted by Gasteiger charge is 2.26. The third kappa shape index (κ3) is 2.94. The number of carbonyl (C=O) groups is 1. The van der Waals surface area contributed by atoms with Gasteiger partial charge in [0.2, 0.25) is 0 Å². The summed E-state index contributed by atoms with van der Waals surface area (Å²) < 4.78 is 15.1. The monoisotopic (exact) mass is 203 g/mol. The molecule has 2 N–H and O–H groups in total. The van der Waals surface area contributed by atoms with E-state index >= 15 is 0 Å². The molecule has 0 bridgehead atoms. The Bertz CT molecular complexity index is 191. The van der Waals surface area contributed by atoms with Gasteiger partial charge in [-0.05, 0) is 6.92 Å². The first-order valence-electron chi connectivity index (χ1n) is 4.71. The average molecular weight is 203 g/mol. The van der Waals surface area contributed by atoms with Gasteiger partial charge in [-0.1, -0.05) is 0 Å². The SMILES string of the molecule is CO[C@H](C)[C@H](N)C(=O)OC1CCOC1. The smallest absolute Gasteiger partial charge is 0.325 e. The summed E-state index contributed by atoms with van der Waals surface area (Å²) in [5, 5.41) is 0. The Hall–Kier alpha value is -0.650. The van der Waals surface area contributed by atoms with Crippen LogP contribution in [0.5, 0.6) is 0 Å². The Kier molecular flexibility index (Phi) is 4.31. The highest BCUT2D eigenvalue weighted by atomic mass is 16.6. The topological polar surface area (TPSA) is 70.8 Å². The molecular weight excluding hydrogens is 186 g/mol. The van der Waals surface area contributed by atoms with Crippen molar-refractivity contribution in [2.75, 3.05) is 20.3 Å². The maximum Gasteiger partial charge on any atom is 0.325 e. The van der Waals surface area contributed by atoms with E-state index in [1.54, 1.807) is 6.92 Å². The van der Waals surface area contributed by atoms with E-state index < -0.39 is 12.0 Å². The van der Waals surface area contributed by atoms with Gasteiger partial charge in [0.1, 0.15) is 12.1 Å². The maximum atomic E-state index is 11.4. The number of ether oxygens (including phenoxy) is 3. The molecule has 1 aliphatic rings. The fraction of sp³-hybridized carbons (Fsp3) is 0.889. The predicted octanol–water partition coefficient (Wildman–Crippen LogP) is -0.319. The summed E-state index contributed by atoms with van der Waals surface area (Å²) in [5.41, 5.74) is 5.61. The Morgan fingerprint density at radius 1 is 1.64 bits per heavy atom. The van der Waals surface area contributed by atoms with Crippen molar-refractivity contribution in [3.63, 3.8) is 0 Å². The van der Waals surface area contributed by atoms with Crippen molar-refractivity contribution in [1.82, 2.24) is 0 Å². The molecule has 0 amide bonds. The highest BCUT2D eigenvalue weighted by Crippen LogP contribution is 2.09. The second-order valence-corrected chi connectivity index (χ2v) is 3.39. The molecule has 1 saturated heterocycles. The molecule has 14 heavy (non-hydrogen) atoms. The van der Waals surface area contributed by atoms with Gasteiger partial charge < -0.3 is 19.9 Å². The number of hydrogen-bond donors (Lipinski definition) is 1. The van der Waals surface area contributed by atoms with E-state index in [1.165, 1.54) is 7.11 Å². The molecule has 0 radical (unpaired) electrons. The van der Waals surface area contributed by atoms with Crippen LogP contribution in [0, 0.1) is 0 Å². The zero-order chi connectivity index (χ0) is 10.6. The first-order chi connectivity index (χ1) is 6.65. The molecule has 3 atom stereocenters. The summed E-state index contributed by atoms with van der Waals surface area (Å²) in [5.74, 6) is -0.421. The minimum absolute atomic E-state index is 0.141. The molecule has 0 spiro atoms. The van der Waals surface area contributed by atoms with Gasteiger partial charge in [0, 0.05) is 13.5 Å². The lowest BCUT2D eigenvalue weighted by Gasteiger charge is -2.19. The summed E-state index contributed by atoms with van der Waals surface area (Å²) >= 11 is 0. The predicted molar refractivity (Wildman–Crippen MR) is 49.8 cm³/mol. The first-order valence-corrected chi connectivity index (χ1v) is 4.71. The molecule has 0 aliphatic carbocycles. The summed E-state index contributed by atoms with van der Waals surface area (Å²) in [6, 6.07) is -0.722. The van der Waals surface area contributed by atoms with Crippen LogP contribution >= 0.6 is 0 Å². The van der Waals surface area contributed by atoms with Crippen LogP contribution in [-0.4, -0.2) is 44.5 Å². The van der Waals surface area contributed by atoms with Gasteiger partial charge in [0.05, 0.1) is 19.3 Å². The van der Waals surface area contributed by atoms with Gasteiger partial charge in [-0.2, -0.15) is 0 Å². The number of carbonyl (C=O) groups excluding carboxylic acids is 1. The van der Waals surface area contributed by atoms with Crippen molar-refractivity contribution in [1.29, 1.82) is 0 Å². The largest absolute Gasteiger partial charge is 0.459 e. The summed E-state index contributed by atoms with van der Waals surface area (Å²) in [6.45, 7) is 2.85. The molecular formula is C9H17NO4. The molecule has 0 saturated carbocycles. The van der Waals surface area contributed by atoms with E-state index in [0.29, 0.717) is 13.2 Å². The Labute approximate surface area is 83.5 Å². The molecule has 5 nitrogen and oxygen atoms in total. The number of esters is 1. The van der Waals surface area contributed by atoms with E-state index in [9.17, 15) is 4.79 Å². The van der Waals surface area contributed by atoms with E-state index in [1.807, 2.05) is 0 Å². The van der Waals surface area contributed by atoms with Crippen LogP contribution in [0.2, 0.25) is 0 Å². The highest BCUT2D eigenvalue weighted by molar-refractivity contribution is 5.76. The van der Waals surface area contributed by atoms with Gasteiger partial charge in [-0.25, -0.2) is 0 Å². The quantitative estimate of drug-likeness (QED) is 0.634. The zero-order valence-electron chi connectivity index (χ0n) is 8.56. The van der Waals surface area contributed by atoms with Crippen LogP contribution in [-0.2, 0) is 19.0 Å². The van der Waals surface area contributed by atoms with Crippen LogP contribution in [0.3, 0.4) is 0 Å². The van der Waals surface area contributed by atoms with E-state index in [4.69, 9.17) is 19.9 Å². The number of rotatable bonds is 4. The maximum absolute atomic E-state index is 11.4. The van der Waals surface area contributed by atoms with Gasteiger partial charge >= 0.3 is 5.97 Å². The molecule has 5 heteroatoms. The van der Waals surface area contributed by atoms with Gasteiger partial charge in [0.15, 0.2) is 0 Å². The fourth-order valence-electron chi connectivity index (χ4n) is 1.19. The molecule has 1 rings (SSSR count). The molecule has 0 aromatic carbocycles. The molecule has 1 unspecified atom stereocenters. The molecule has 1 fully saturated rings. The van der Waals surface area contributed by atoms with Crippen molar-refractivity contribution in [3.8, 4) is 0 Å². The molecule has 0 aromatic heterocycles. The number of hydrogen-bond acceptors (Lipinski definition) is 5. The number of methoxy groups -OCH3 is 1. The molecule has 1 aliphatic heterocycles. The van der Waals surface area contributed by atoms with Gasteiger partial charge in [-0.3, -0.25) is 4.79 Å². The van der Waals surface area contributed by atoms with Crippen LogP contribution in [0.4, 0.5) is 0 Å². The summed E-state index contributed by atoms with van der Waals surface area (Å²) in [7, 11) is 1.51. The van der Waals surface area contributed by atoms with Crippen LogP contribution in [0.25, 0.3) is 0 Å². The number of nitrogens with two attached hydrogens (primary N) is 1. The summed E-state index contributed by atoms with van der Waals surface area (Å²) in [4.78, 5) is 11.4. The van der Waals surface area contributed by atoms with Crippen molar-refractivity contribution < 1.29 is 19.0 Å². The average Bonchev–Trinajstić information content (AvgIpc) is 2.68. The lowest BCUT2D eigenvalue weighted by Crippen LogP contribution is -2.43. The summed E-state index contributed by atoms with van der Waals surface area (Å²) in [6.07, 6.45) is 0.280. The van der Waals surface area contributed by atoms with Crippen molar-refractivity contribution in [3.05, 3.63) is 0 Å². The van der Waals surface area contributed by atoms with Crippen LogP contribution < -0.4 is 5.73 Å². The first kappa shape index (κ1) is 11.4. The van der Waals surface area contributed by atoms with Crippen LogP contribution in [0.15, 0.2) is 0 Å². The zero-order valence-corrected chi connectivity index (χ0v) is 8.56. The molecule has 82 valence electrons. The van der Waals surface area contributed by atoms with E-state index in [0.717, 1.165) is 6.42 Å². The minimum atomic E-state index is -0.722. The third-order valence-electron chi connectivity index (χ3n) is 2.32. The van der Waals surface area contributed by atoms with Gasteiger partial charge in [0.25, 0.3) is 0 Å². The van der Waals surface area contributed by atoms with Crippen molar-refractivity contribution >= 4 is 5.97 Å². The fourth-order valence-corrected chi connectivity index (χ4v) is 1.19. The van der Waals surface area contributed by atoms with Gasteiger partial charge in [-0.15, -0.1) is 0 Å². The Morgan fingerprint density at radius 2 is 2.36 bits per heavy atom. The Morgan fingerprint density at radius 3 is 2.86 bits per heavy atom. The lowest BCUT2D eigenvalue weighted by atomic mass is 10.2. The Balaban J connectivity index is 2.32.